The summed E-state index contributed by atoms with van der Waals surface area (Å²) in [5.41, 5.74) is 0. The monoisotopic (exact) mass is 394 g/mol. The summed E-state index contributed by atoms with van der Waals surface area (Å²) in [7, 11) is -4.43. The molecule has 0 aliphatic heterocycles. The Labute approximate surface area is 160 Å². The van der Waals surface area contributed by atoms with Gasteiger partial charge in [0.15, 0.2) is 23.0 Å². The van der Waals surface area contributed by atoms with Crippen molar-refractivity contribution < 1.29 is 28.0 Å². The lowest BCUT2D eigenvalue weighted by molar-refractivity contribution is 0.259. The molecule has 2 aromatic rings. The minimum atomic E-state index is -4.43. The van der Waals surface area contributed by atoms with E-state index in [0.717, 1.165) is 25.7 Å². The number of para-hydroxylation sites is 4. The van der Waals surface area contributed by atoms with Crippen LogP contribution >= 0.6 is 7.82 Å². The number of hydrogen-bond donors (Lipinski definition) is 1. The zero-order valence-electron chi connectivity index (χ0n) is 15.8. The largest absolute Gasteiger partial charge is 0.585 e. The first-order valence-corrected chi connectivity index (χ1v) is 10.7. The van der Waals surface area contributed by atoms with E-state index in [0.29, 0.717) is 24.7 Å². The van der Waals surface area contributed by atoms with Crippen LogP contribution < -0.4 is 18.5 Å². The van der Waals surface area contributed by atoms with Crippen molar-refractivity contribution in [3.63, 3.8) is 0 Å². The quantitative estimate of drug-likeness (QED) is 0.373. The van der Waals surface area contributed by atoms with Crippen molar-refractivity contribution in [2.24, 2.45) is 0 Å². The Morgan fingerprint density at radius 2 is 1.11 bits per heavy atom. The molecule has 0 radical (unpaired) electrons. The number of ether oxygens (including phenoxy) is 2. The molecule has 0 amide bonds. The van der Waals surface area contributed by atoms with Gasteiger partial charge >= 0.3 is 7.82 Å². The maximum Gasteiger partial charge on any atom is 0.585 e. The number of hydrogen-bond acceptors (Lipinski definition) is 5. The molecule has 2 aromatic carbocycles. The Morgan fingerprint density at radius 1 is 0.741 bits per heavy atom. The molecule has 0 heterocycles. The maximum atomic E-state index is 12.5. The molecule has 7 heteroatoms. The number of rotatable bonds is 12. The minimum Gasteiger partial charge on any atom is -0.490 e. The van der Waals surface area contributed by atoms with E-state index in [1.807, 2.05) is 0 Å². The van der Waals surface area contributed by atoms with Crippen LogP contribution in [0.5, 0.6) is 23.0 Å². The summed E-state index contributed by atoms with van der Waals surface area (Å²) >= 11 is 0. The highest BCUT2D eigenvalue weighted by Crippen LogP contribution is 2.48. The van der Waals surface area contributed by atoms with Gasteiger partial charge in [0.05, 0.1) is 13.2 Å². The highest BCUT2D eigenvalue weighted by Gasteiger charge is 2.28. The highest BCUT2D eigenvalue weighted by atomic mass is 31.2. The number of phosphoric acid groups is 1. The van der Waals surface area contributed by atoms with Gasteiger partial charge in [-0.05, 0) is 37.1 Å². The molecule has 0 bridgehead atoms. The van der Waals surface area contributed by atoms with E-state index < -0.39 is 7.82 Å². The SMILES string of the molecule is CCCCOc1ccccc1OP(=O)(O)Oc1ccccc1OCCCC. The van der Waals surface area contributed by atoms with Gasteiger partial charge in [0.25, 0.3) is 0 Å². The van der Waals surface area contributed by atoms with E-state index >= 15 is 0 Å². The summed E-state index contributed by atoms with van der Waals surface area (Å²) in [5.74, 6) is 1.11. The average Bonchev–Trinajstić information content (AvgIpc) is 2.64. The second-order valence-corrected chi connectivity index (χ2v) is 7.25. The zero-order chi connectivity index (χ0) is 19.5. The molecule has 0 unspecified atom stereocenters. The Kier molecular flexibility index (Phi) is 8.49. The van der Waals surface area contributed by atoms with Gasteiger partial charge < -0.3 is 18.5 Å². The van der Waals surface area contributed by atoms with Gasteiger partial charge in [0, 0.05) is 0 Å². The molecule has 0 saturated carbocycles. The molecule has 6 nitrogen and oxygen atoms in total. The van der Waals surface area contributed by atoms with Crippen molar-refractivity contribution in [1.29, 1.82) is 0 Å². The molecule has 1 N–H and O–H groups in total. The molecule has 0 saturated heterocycles. The lowest BCUT2D eigenvalue weighted by Crippen LogP contribution is -2.04. The smallest absolute Gasteiger partial charge is 0.490 e. The Balaban J connectivity index is 2.09. The predicted molar refractivity (Wildman–Crippen MR) is 105 cm³/mol. The van der Waals surface area contributed by atoms with Crippen LogP contribution in [-0.2, 0) is 4.57 Å². The van der Waals surface area contributed by atoms with E-state index in [4.69, 9.17) is 18.5 Å². The van der Waals surface area contributed by atoms with E-state index in [-0.39, 0.29) is 11.5 Å². The topological polar surface area (TPSA) is 74.2 Å². The zero-order valence-corrected chi connectivity index (χ0v) is 16.7. The summed E-state index contributed by atoms with van der Waals surface area (Å²) in [6.45, 7) is 5.12. The van der Waals surface area contributed by atoms with Gasteiger partial charge in [-0.1, -0.05) is 51.0 Å². The number of phosphoric ester groups is 1. The van der Waals surface area contributed by atoms with Crippen LogP contribution in [0.1, 0.15) is 39.5 Å². The molecular weight excluding hydrogens is 367 g/mol. The average molecular weight is 394 g/mol. The van der Waals surface area contributed by atoms with Crippen LogP contribution in [0.3, 0.4) is 0 Å². The number of unbranched alkanes of at least 4 members (excludes halogenated alkanes) is 2. The Morgan fingerprint density at radius 3 is 1.48 bits per heavy atom. The van der Waals surface area contributed by atoms with Crippen LogP contribution in [-0.4, -0.2) is 18.1 Å². The molecule has 0 spiro atoms. The predicted octanol–water partition coefficient (Wildman–Crippen LogP) is 5.60. The van der Waals surface area contributed by atoms with Gasteiger partial charge in [-0.15, -0.1) is 0 Å². The van der Waals surface area contributed by atoms with E-state index in [2.05, 4.69) is 13.8 Å². The van der Waals surface area contributed by atoms with Crippen LogP contribution in [0.15, 0.2) is 48.5 Å². The van der Waals surface area contributed by atoms with E-state index in [9.17, 15) is 9.46 Å². The van der Waals surface area contributed by atoms with Gasteiger partial charge in [0.1, 0.15) is 0 Å². The third-order valence-electron chi connectivity index (χ3n) is 3.64. The second kappa shape index (κ2) is 10.9. The lowest BCUT2D eigenvalue weighted by Gasteiger charge is -2.18. The standard InChI is InChI=1S/C20H27O6P/c1-3-5-15-23-17-11-7-9-13-19(17)25-27(21,22)26-20-14-10-8-12-18(20)24-16-6-4-2/h7-14H,3-6,15-16H2,1-2H3,(H,21,22). The van der Waals surface area contributed by atoms with Crippen molar-refractivity contribution in [3.05, 3.63) is 48.5 Å². The van der Waals surface area contributed by atoms with Crippen LogP contribution in [0.4, 0.5) is 0 Å². The van der Waals surface area contributed by atoms with Crippen molar-refractivity contribution in [1.82, 2.24) is 0 Å². The molecule has 0 fully saturated rings. The Hall–Kier alpha value is -2.17. The van der Waals surface area contributed by atoms with Gasteiger partial charge in [0.2, 0.25) is 0 Å². The van der Waals surface area contributed by atoms with E-state index in [1.54, 1.807) is 48.5 Å². The molecule has 2 rings (SSSR count). The fourth-order valence-electron chi connectivity index (χ4n) is 2.21. The van der Waals surface area contributed by atoms with Gasteiger partial charge in [-0.25, -0.2) is 4.57 Å². The van der Waals surface area contributed by atoms with Crippen LogP contribution in [0, 0.1) is 0 Å². The second-order valence-electron chi connectivity index (χ2n) is 5.95. The Bertz CT molecular complexity index is 689. The van der Waals surface area contributed by atoms with E-state index in [1.165, 1.54) is 0 Å². The first-order chi connectivity index (χ1) is 13.1. The van der Waals surface area contributed by atoms with Crippen LogP contribution in [0.2, 0.25) is 0 Å². The van der Waals surface area contributed by atoms with Crippen molar-refractivity contribution in [2.45, 2.75) is 39.5 Å². The first-order valence-electron chi connectivity index (χ1n) is 9.21. The van der Waals surface area contributed by atoms with Crippen molar-refractivity contribution in [3.8, 4) is 23.0 Å². The fourth-order valence-corrected chi connectivity index (χ4v) is 3.05. The minimum absolute atomic E-state index is 0.156. The van der Waals surface area contributed by atoms with Gasteiger partial charge in [-0.2, -0.15) is 0 Å². The van der Waals surface area contributed by atoms with Gasteiger partial charge in [-0.3, -0.25) is 4.89 Å². The molecular formula is C20H27O6P. The summed E-state index contributed by atoms with van der Waals surface area (Å²) in [6.07, 6.45) is 3.73. The third kappa shape index (κ3) is 7.16. The summed E-state index contributed by atoms with van der Waals surface area (Å²) < 4.78 is 34.3. The molecule has 0 atom stereocenters. The molecule has 27 heavy (non-hydrogen) atoms. The third-order valence-corrected chi connectivity index (χ3v) is 4.49. The molecule has 0 aliphatic carbocycles. The number of benzene rings is 2. The van der Waals surface area contributed by atoms with Crippen molar-refractivity contribution in [2.75, 3.05) is 13.2 Å². The molecule has 0 aliphatic rings. The summed E-state index contributed by atoms with van der Waals surface area (Å²) in [6, 6.07) is 13.4. The van der Waals surface area contributed by atoms with Crippen LogP contribution in [0.25, 0.3) is 0 Å². The summed E-state index contributed by atoms with van der Waals surface area (Å²) in [4.78, 5) is 10.2. The maximum absolute atomic E-state index is 12.5. The first kappa shape index (κ1) is 21.1. The fraction of sp³-hybridized carbons (Fsp3) is 0.400. The lowest BCUT2D eigenvalue weighted by atomic mass is 10.3. The molecule has 148 valence electrons. The highest BCUT2D eigenvalue weighted by molar-refractivity contribution is 7.48. The normalized spacial score (nSPS) is 11.1. The molecule has 0 aromatic heterocycles. The van der Waals surface area contributed by atoms with Crippen molar-refractivity contribution >= 4 is 7.82 Å². The summed E-state index contributed by atoms with van der Waals surface area (Å²) in [5, 5.41) is 0.